The highest BCUT2D eigenvalue weighted by Crippen LogP contribution is 2.40. The Morgan fingerprint density at radius 2 is 2.13 bits per heavy atom. The van der Waals surface area contributed by atoms with Crippen LogP contribution >= 0.6 is 0 Å². The number of anilines is 1. The molecule has 38 heavy (non-hydrogen) atoms. The second kappa shape index (κ2) is 10.3. The third kappa shape index (κ3) is 4.75. The van der Waals surface area contributed by atoms with Gasteiger partial charge in [0, 0.05) is 46.3 Å². The molecule has 2 amide bonds. The van der Waals surface area contributed by atoms with Crippen LogP contribution in [0.1, 0.15) is 52.8 Å². The number of hydrogen-bond acceptors (Lipinski definition) is 7. The van der Waals surface area contributed by atoms with Gasteiger partial charge in [0.05, 0.1) is 29.9 Å². The van der Waals surface area contributed by atoms with E-state index in [2.05, 4.69) is 38.4 Å². The summed E-state index contributed by atoms with van der Waals surface area (Å²) in [5, 5.41) is 7.68. The average molecular weight is 517 g/mol. The molecule has 4 heterocycles. The quantitative estimate of drug-likeness (QED) is 0.343. The molecule has 11 nitrogen and oxygen atoms in total. The number of imidazole rings is 1. The van der Waals surface area contributed by atoms with Gasteiger partial charge in [-0.3, -0.25) is 9.59 Å². The lowest BCUT2D eigenvalue weighted by Gasteiger charge is -2.22. The maximum Gasteiger partial charge on any atom is 0.255 e. The number of hydrogen-bond donors (Lipinski definition) is 2. The van der Waals surface area contributed by atoms with Crippen LogP contribution in [0.3, 0.4) is 0 Å². The van der Waals surface area contributed by atoms with Gasteiger partial charge in [-0.2, -0.15) is 5.10 Å². The van der Waals surface area contributed by atoms with Crippen LogP contribution in [0.5, 0.6) is 0 Å². The Balaban J connectivity index is 1.43. The summed E-state index contributed by atoms with van der Waals surface area (Å²) >= 11 is 0. The molecular formula is C27H32N8O3. The van der Waals surface area contributed by atoms with Gasteiger partial charge in [0.1, 0.15) is 22.9 Å². The summed E-state index contributed by atoms with van der Waals surface area (Å²) in [7, 11) is 5.34. The van der Waals surface area contributed by atoms with Gasteiger partial charge in [-0.15, -0.1) is 0 Å². The molecular weight excluding hydrogens is 484 g/mol. The summed E-state index contributed by atoms with van der Waals surface area (Å²) < 4.78 is 9.11. The Kier molecular flexibility index (Phi) is 6.91. The first-order valence-corrected chi connectivity index (χ1v) is 12.7. The molecule has 0 radical (unpaired) electrons. The number of primary amides is 1. The van der Waals surface area contributed by atoms with Crippen LogP contribution in [0, 0.1) is 17.8 Å². The third-order valence-electron chi connectivity index (χ3n) is 7.24. The van der Waals surface area contributed by atoms with Gasteiger partial charge in [-0.05, 0) is 43.1 Å². The van der Waals surface area contributed by atoms with Gasteiger partial charge in [-0.25, -0.2) is 14.6 Å². The SMILES string of the molecule is C=CC(=O)N1C[C@@H](Cn2nc(C#Cc3cc4nc(C5CC5)n(C)c4cn3)c(C(N)=O)c2NC)C[C@@H]1COC. The molecule has 0 bridgehead atoms. The fourth-order valence-electron chi connectivity index (χ4n) is 5.30. The number of carbonyl (C=O) groups is 2. The molecule has 2 atom stereocenters. The molecule has 1 aliphatic heterocycles. The van der Waals surface area contributed by atoms with E-state index in [0.29, 0.717) is 37.1 Å². The Morgan fingerprint density at radius 1 is 1.34 bits per heavy atom. The summed E-state index contributed by atoms with van der Waals surface area (Å²) in [6.45, 7) is 5.06. The smallest absolute Gasteiger partial charge is 0.255 e. The molecule has 0 spiro atoms. The molecule has 5 rings (SSSR count). The topological polar surface area (TPSA) is 133 Å². The van der Waals surface area contributed by atoms with Crippen molar-refractivity contribution in [2.45, 2.75) is 37.8 Å². The predicted octanol–water partition coefficient (Wildman–Crippen LogP) is 1.63. The van der Waals surface area contributed by atoms with Crippen LogP contribution in [-0.2, 0) is 23.1 Å². The minimum atomic E-state index is -0.626. The molecule has 2 fully saturated rings. The molecule has 1 aliphatic carbocycles. The number of likely N-dealkylation sites (tertiary alicyclic amines) is 1. The van der Waals surface area contributed by atoms with Gasteiger partial charge in [0.25, 0.3) is 5.91 Å². The molecule has 1 saturated heterocycles. The van der Waals surface area contributed by atoms with Gasteiger partial charge in [-0.1, -0.05) is 6.58 Å². The summed E-state index contributed by atoms with van der Waals surface area (Å²) in [6, 6.07) is 1.81. The van der Waals surface area contributed by atoms with Gasteiger partial charge < -0.3 is 25.3 Å². The molecule has 1 saturated carbocycles. The monoisotopic (exact) mass is 516 g/mol. The number of nitrogens with two attached hydrogens (primary N) is 1. The van der Waals surface area contributed by atoms with E-state index in [1.165, 1.54) is 18.9 Å². The van der Waals surface area contributed by atoms with E-state index in [-0.39, 0.29) is 29.1 Å². The molecule has 198 valence electrons. The van der Waals surface area contributed by atoms with Gasteiger partial charge >= 0.3 is 0 Å². The standard InChI is InChI=1S/C27H32N8O3/c1-5-23(36)34-13-16(10-19(34)15-38-4)14-35-27(29-2)24(25(28)37)20(32-35)9-8-18-11-21-22(12-30-18)33(3)26(31-21)17-6-7-17/h5,11-12,16-17,19,29H,1,6-7,10,13-15H2,2-4H3,(H2,28,37)/t16-,19+/m0/s1. The third-order valence-corrected chi connectivity index (χ3v) is 7.24. The van der Waals surface area contributed by atoms with Crippen LogP contribution in [0.4, 0.5) is 5.82 Å². The van der Waals surface area contributed by atoms with Crippen LogP contribution in [-0.4, -0.2) is 74.4 Å². The van der Waals surface area contributed by atoms with E-state index in [1.807, 2.05) is 13.1 Å². The molecule has 11 heteroatoms. The lowest BCUT2D eigenvalue weighted by atomic mass is 10.1. The normalized spacial score (nSPS) is 18.9. The van der Waals surface area contributed by atoms with Gasteiger partial charge in [0.2, 0.25) is 5.91 Å². The van der Waals surface area contributed by atoms with Gasteiger partial charge in [0.15, 0.2) is 5.69 Å². The number of rotatable bonds is 8. The second-order valence-electron chi connectivity index (χ2n) is 9.89. The number of aryl methyl sites for hydroxylation is 1. The number of nitrogens with zero attached hydrogens (tertiary/aromatic N) is 6. The van der Waals surface area contributed by atoms with E-state index >= 15 is 0 Å². The van der Waals surface area contributed by atoms with Crippen molar-refractivity contribution in [2.24, 2.45) is 18.7 Å². The largest absolute Gasteiger partial charge is 0.383 e. The Labute approximate surface area is 221 Å². The zero-order chi connectivity index (χ0) is 27.0. The van der Waals surface area contributed by atoms with Crippen molar-refractivity contribution < 1.29 is 14.3 Å². The highest BCUT2D eigenvalue weighted by atomic mass is 16.5. The number of carbonyl (C=O) groups excluding carboxylic acids is 2. The first-order chi connectivity index (χ1) is 18.3. The van der Waals surface area contributed by atoms with E-state index in [9.17, 15) is 9.59 Å². The van der Waals surface area contributed by atoms with Crippen molar-refractivity contribution in [3.8, 4) is 11.8 Å². The van der Waals surface area contributed by atoms with E-state index in [4.69, 9.17) is 15.5 Å². The van der Waals surface area contributed by atoms with Crippen molar-refractivity contribution in [1.29, 1.82) is 0 Å². The Morgan fingerprint density at radius 3 is 2.79 bits per heavy atom. The molecule has 0 unspecified atom stereocenters. The zero-order valence-corrected chi connectivity index (χ0v) is 21.9. The van der Waals surface area contributed by atoms with Crippen molar-refractivity contribution >= 4 is 28.7 Å². The zero-order valence-electron chi connectivity index (χ0n) is 21.9. The molecule has 3 aromatic rings. The number of methoxy groups -OCH3 is 1. The maximum absolute atomic E-state index is 12.4. The number of amides is 2. The molecule has 0 aromatic carbocycles. The van der Waals surface area contributed by atoms with Crippen molar-refractivity contribution in [1.82, 2.24) is 29.2 Å². The highest BCUT2D eigenvalue weighted by Gasteiger charge is 2.35. The Bertz CT molecular complexity index is 1470. The minimum absolute atomic E-state index is 0.0491. The van der Waals surface area contributed by atoms with Crippen LogP contribution in [0.25, 0.3) is 11.0 Å². The van der Waals surface area contributed by atoms with Crippen LogP contribution in [0.15, 0.2) is 24.9 Å². The highest BCUT2D eigenvalue weighted by molar-refractivity contribution is 6.00. The Hall–Kier alpha value is -4.17. The average Bonchev–Trinajstić information content (AvgIpc) is 3.46. The lowest BCUT2D eigenvalue weighted by Crippen LogP contribution is -2.37. The number of aromatic nitrogens is 5. The molecule has 2 aliphatic rings. The summed E-state index contributed by atoms with van der Waals surface area (Å²) in [4.78, 5) is 35.8. The number of ether oxygens (including phenoxy) is 1. The maximum atomic E-state index is 12.4. The van der Waals surface area contributed by atoms with E-state index < -0.39 is 5.91 Å². The summed E-state index contributed by atoms with van der Waals surface area (Å²) in [5.74, 6) is 7.46. The first-order valence-electron chi connectivity index (χ1n) is 12.7. The molecule has 3 N–H and O–H groups in total. The predicted molar refractivity (Wildman–Crippen MR) is 142 cm³/mol. The lowest BCUT2D eigenvalue weighted by molar-refractivity contribution is -0.127. The summed E-state index contributed by atoms with van der Waals surface area (Å²) in [5.41, 5.74) is 8.58. The second-order valence-corrected chi connectivity index (χ2v) is 9.89. The first kappa shape index (κ1) is 25.5. The fourth-order valence-corrected chi connectivity index (χ4v) is 5.30. The van der Waals surface area contributed by atoms with E-state index in [1.54, 1.807) is 29.9 Å². The fraction of sp³-hybridized carbons (Fsp3) is 0.444. The van der Waals surface area contributed by atoms with Crippen LogP contribution < -0.4 is 11.1 Å². The minimum Gasteiger partial charge on any atom is -0.383 e. The van der Waals surface area contributed by atoms with Crippen LogP contribution in [0.2, 0.25) is 0 Å². The number of fused-ring (bicyclic) bond motifs is 1. The summed E-state index contributed by atoms with van der Waals surface area (Å²) in [6.07, 6.45) is 6.16. The van der Waals surface area contributed by atoms with Crippen molar-refractivity contribution in [3.05, 3.63) is 47.7 Å². The number of pyridine rings is 1. The molecule has 3 aromatic heterocycles. The number of nitrogens with one attached hydrogen (secondary N) is 1. The van der Waals surface area contributed by atoms with Crippen molar-refractivity contribution in [3.63, 3.8) is 0 Å². The van der Waals surface area contributed by atoms with Crippen molar-refractivity contribution in [2.75, 3.05) is 32.6 Å². The van der Waals surface area contributed by atoms with E-state index in [0.717, 1.165) is 23.3 Å².